The smallest absolute Gasteiger partial charge is 0.273 e. The van der Waals surface area contributed by atoms with Crippen molar-refractivity contribution >= 4 is 25.6 Å². The van der Waals surface area contributed by atoms with Gasteiger partial charge in [-0.2, -0.15) is 0 Å². The van der Waals surface area contributed by atoms with E-state index in [0.717, 1.165) is 6.04 Å². The van der Waals surface area contributed by atoms with E-state index >= 15 is 0 Å². The van der Waals surface area contributed by atoms with E-state index in [4.69, 9.17) is 11.6 Å². The average molecular weight is 272 g/mol. The number of halogens is 1. The van der Waals surface area contributed by atoms with Crippen molar-refractivity contribution in [3.05, 3.63) is 23.2 Å². The third-order valence-corrected chi connectivity index (χ3v) is 4.28. The molecule has 1 unspecified atom stereocenters. The Morgan fingerprint density at radius 3 is 2.53 bits per heavy atom. The summed E-state index contributed by atoms with van der Waals surface area (Å²) in [6, 6.07) is 1.16. The van der Waals surface area contributed by atoms with E-state index in [1.165, 1.54) is 12.4 Å². The second kappa shape index (κ2) is 5.60. The van der Waals surface area contributed by atoms with Crippen LogP contribution in [-0.4, -0.2) is 30.0 Å². The topological polar surface area (TPSA) is 54.9 Å². The lowest BCUT2D eigenvalue weighted by Crippen LogP contribution is -2.38. The van der Waals surface area contributed by atoms with E-state index in [0.29, 0.717) is 0 Å². The molecule has 0 radical (unpaired) electrons. The number of carbonyl (C=O) groups excluding carboxylic acids is 1. The van der Waals surface area contributed by atoms with E-state index in [1.807, 2.05) is 6.92 Å². The summed E-state index contributed by atoms with van der Waals surface area (Å²) in [5.74, 6) is -0.256. The van der Waals surface area contributed by atoms with Crippen molar-refractivity contribution < 1.29 is 4.79 Å². The Kier molecular flexibility index (Phi) is 4.65. The Balaban J connectivity index is 2.64. The quantitative estimate of drug-likeness (QED) is 0.857. The highest BCUT2D eigenvalue weighted by atomic mass is 35.5. The lowest BCUT2D eigenvalue weighted by atomic mass is 10.3. The van der Waals surface area contributed by atoms with Gasteiger partial charge >= 0.3 is 0 Å². The second-order valence-corrected chi connectivity index (χ2v) is 11.2. The van der Waals surface area contributed by atoms with Gasteiger partial charge in [-0.05, 0) is 13.0 Å². The normalized spacial score (nSPS) is 13.2. The number of hydrogen-bond donors (Lipinski definition) is 1. The molecule has 1 aromatic rings. The fraction of sp³-hybridized carbons (Fsp3) is 0.545. The van der Waals surface area contributed by atoms with Gasteiger partial charge in [-0.25, -0.2) is 9.97 Å². The first-order chi connectivity index (χ1) is 7.79. The third-order valence-electron chi connectivity index (χ3n) is 2.16. The Labute approximate surface area is 108 Å². The van der Waals surface area contributed by atoms with Crippen LogP contribution >= 0.6 is 11.6 Å². The number of rotatable bonds is 4. The molecular formula is C11H18ClN3OSi. The van der Waals surface area contributed by atoms with Crippen molar-refractivity contribution in [3.8, 4) is 0 Å². The van der Waals surface area contributed by atoms with Crippen LogP contribution in [0.25, 0.3) is 0 Å². The zero-order valence-electron chi connectivity index (χ0n) is 10.6. The standard InChI is InChI=1S/C11H18ClN3OSi/c1-8(7-17(2,3)4)15-11(16)9-10(12)14-6-5-13-9/h5-6,8H,7H2,1-4H3,(H,15,16). The van der Waals surface area contributed by atoms with Gasteiger partial charge in [-0.1, -0.05) is 31.2 Å². The lowest BCUT2D eigenvalue weighted by Gasteiger charge is -2.22. The maximum Gasteiger partial charge on any atom is 0.273 e. The Morgan fingerprint density at radius 1 is 1.41 bits per heavy atom. The molecule has 0 aromatic carbocycles. The molecule has 0 aliphatic heterocycles. The summed E-state index contributed by atoms with van der Waals surface area (Å²) < 4.78 is 0. The van der Waals surface area contributed by atoms with Crippen LogP contribution in [0, 0.1) is 0 Å². The fourth-order valence-corrected chi connectivity index (χ4v) is 3.87. The van der Waals surface area contributed by atoms with Crippen molar-refractivity contribution in [2.24, 2.45) is 0 Å². The van der Waals surface area contributed by atoms with Gasteiger partial charge in [-0.3, -0.25) is 4.79 Å². The summed E-state index contributed by atoms with van der Waals surface area (Å²) in [4.78, 5) is 19.6. The Hall–Kier alpha value is -0.943. The monoisotopic (exact) mass is 271 g/mol. The van der Waals surface area contributed by atoms with Gasteiger partial charge in [0.2, 0.25) is 0 Å². The van der Waals surface area contributed by atoms with E-state index in [1.54, 1.807) is 0 Å². The third kappa shape index (κ3) is 4.83. The Morgan fingerprint density at radius 2 is 2.00 bits per heavy atom. The average Bonchev–Trinajstić information content (AvgIpc) is 2.14. The van der Waals surface area contributed by atoms with E-state index in [-0.39, 0.29) is 22.8 Å². The molecule has 6 heteroatoms. The Bertz CT molecular complexity index is 406. The molecular weight excluding hydrogens is 254 g/mol. The highest BCUT2D eigenvalue weighted by Crippen LogP contribution is 2.13. The zero-order valence-corrected chi connectivity index (χ0v) is 12.4. The van der Waals surface area contributed by atoms with Gasteiger partial charge in [0, 0.05) is 26.5 Å². The van der Waals surface area contributed by atoms with Crippen molar-refractivity contribution in [1.29, 1.82) is 0 Å². The second-order valence-electron chi connectivity index (χ2n) is 5.34. The molecule has 0 saturated carbocycles. The summed E-state index contributed by atoms with van der Waals surface area (Å²) in [6.45, 7) is 8.81. The minimum absolute atomic E-state index is 0.132. The summed E-state index contributed by atoms with van der Waals surface area (Å²) in [5, 5.41) is 3.05. The molecule has 0 aliphatic carbocycles. The highest BCUT2D eigenvalue weighted by molar-refractivity contribution is 6.76. The summed E-state index contributed by atoms with van der Waals surface area (Å²) in [5.41, 5.74) is 0.191. The van der Waals surface area contributed by atoms with Crippen LogP contribution in [0.1, 0.15) is 17.4 Å². The van der Waals surface area contributed by atoms with Crippen LogP contribution in [0.15, 0.2) is 12.4 Å². The predicted molar refractivity (Wildman–Crippen MR) is 72.1 cm³/mol. The maximum absolute atomic E-state index is 11.9. The molecule has 1 aromatic heterocycles. The van der Waals surface area contributed by atoms with Crippen LogP contribution in [0.4, 0.5) is 0 Å². The maximum atomic E-state index is 11.9. The molecule has 17 heavy (non-hydrogen) atoms. The van der Waals surface area contributed by atoms with Crippen LogP contribution in [0.3, 0.4) is 0 Å². The predicted octanol–water partition coefficient (Wildman–Crippen LogP) is 2.59. The summed E-state index contributed by atoms with van der Waals surface area (Å²) >= 11 is 5.81. The summed E-state index contributed by atoms with van der Waals surface area (Å²) in [7, 11) is -1.19. The van der Waals surface area contributed by atoms with E-state index < -0.39 is 8.07 Å². The van der Waals surface area contributed by atoms with Gasteiger partial charge in [0.1, 0.15) is 0 Å². The minimum atomic E-state index is -1.19. The van der Waals surface area contributed by atoms with Gasteiger partial charge in [0.15, 0.2) is 10.8 Å². The first-order valence-corrected chi connectivity index (χ1v) is 9.65. The molecule has 0 spiro atoms. The molecule has 1 heterocycles. The van der Waals surface area contributed by atoms with Crippen molar-refractivity contribution in [1.82, 2.24) is 15.3 Å². The number of amides is 1. The van der Waals surface area contributed by atoms with Crippen LogP contribution < -0.4 is 5.32 Å². The van der Waals surface area contributed by atoms with E-state index in [9.17, 15) is 4.79 Å². The minimum Gasteiger partial charge on any atom is -0.348 e. The molecule has 1 N–H and O–H groups in total. The van der Waals surface area contributed by atoms with Crippen LogP contribution in [-0.2, 0) is 0 Å². The highest BCUT2D eigenvalue weighted by Gasteiger charge is 2.20. The molecule has 0 fully saturated rings. The molecule has 1 atom stereocenters. The fourth-order valence-electron chi connectivity index (χ4n) is 1.74. The number of nitrogens with zero attached hydrogens (tertiary/aromatic N) is 2. The first kappa shape index (κ1) is 14.1. The molecule has 94 valence electrons. The van der Waals surface area contributed by atoms with Crippen molar-refractivity contribution in [2.75, 3.05) is 0 Å². The van der Waals surface area contributed by atoms with E-state index in [2.05, 4.69) is 34.9 Å². The van der Waals surface area contributed by atoms with Crippen LogP contribution in [0.5, 0.6) is 0 Å². The van der Waals surface area contributed by atoms with Gasteiger partial charge in [-0.15, -0.1) is 0 Å². The molecule has 1 amide bonds. The number of carbonyl (C=O) groups is 1. The molecule has 4 nitrogen and oxygen atoms in total. The van der Waals surface area contributed by atoms with Gasteiger partial charge < -0.3 is 5.32 Å². The molecule has 0 bridgehead atoms. The van der Waals surface area contributed by atoms with Gasteiger partial charge in [0.05, 0.1) is 0 Å². The largest absolute Gasteiger partial charge is 0.348 e. The number of aromatic nitrogens is 2. The molecule has 1 rings (SSSR count). The van der Waals surface area contributed by atoms with Crippen molar-refractivity contribution in [2.45, 2.75) is 38.7 Å². The van der Waals surface area contributed by atoms with Crippen LogP contribution in [0.2, 0.25) is 30.8 Å². The summed E-state index contributed by atoms with van der Waals surface area (Å²) in [6.07, 6.45) is 2.93. The zero-order chi connectivity index (χ0) is 13.1. The SMILES string of the molecule is CC(C[Si](C)(C)C)NC(=O)c1nccnc1Cl. The molecule has 0 aliphatic rings. The van der Waals surface area contributed by atoms with Crippen molar-refractivity contribution in [3.63, 3.8) is 0 Å². The van der Waals surface area contributed by atoms with Gasteiger partial charge in [0.25, 0.3) is 5.91 Å². The number of nitrogens with one attached hydrogen (secondary N) is 1. The lowest BCUT2D eigenvalue weighted by molar-refractivity contribution is 0.0937. The molecule has 0 saturated heterocycles. The first-order valence-electron chi connectivity index (χ1n) is 5.57. The number of hydrogen-bond acceptors (Lipinski definition) is 3.